The smallest absolute Gasteiger partial charge is 0.312 e. The van der Waals surface area contributed by atoms with Gasteiger partial charge in [-0.05, 0) is 50.2 Å². The van der Waals surface area contributed by atoms with E-state index in [9.17, 15) is 20.0 Å². The molecule has 3 aromatic rings. The number of nitrogens with zero attached hydrogens (tertiary/aromatic N) is 3. The van der Waals surface area contributed by atoms with Crippen LogP contribution >= 0.6 is 15.9 Å². The van der Waals surface area contributed by atoms with E-state index in [-0.39, 0.29) is 5.56 Å². The monoisotopic (exact) mass is 456 g/mol. The zero-order valence-electron chi connectivity index (χ0n) is 15.6. The number of phenols is 1. The molecule has 0 aliphatic carbocycles. The van der Waals surface area contributed by atoms with Crippen molar-refractivity contribution >= 4 is 33.7 Å². The second-order valence-electron chi connectivity index (χ2n) is 6.32. The van der Waals surface area contributed by atoms with Gasteiger partial charge in [-0.25, -0.2) is 5.43 Å². The van der Waals surface area contributed by atoms with Gasteiger partial charge in [0.1, 0.15) is 0 Å². The highest BCUT2D eigenvalue weighted by Gasteiger charge is 2.17. The van der Waals surface area contributed by atoms with E-state index < -0.39 is 22.3 Å². The molecule has 0 aliphatic heterocycles. The molecule has 0 atom stereocenters. The molecule has 148 valence electrons. The highest BCUT2D eigenvalue weighted by molar-refractivity contribution is 9.10. The van der Waals surface area contributed by atoms with Crippen molar-refractivity contribution < 1.29 is 14.8 Å². The molecule has 8 nitrogen and oxygen atoms in total. The Balaban J connectivity index is 1.80. The summed E-state index contributed by atoms with van der Waals surface area (Å²) >= 11 is 3.14. The number of carbonyl (C=O) groups is 1. The van der Waals surface area contributed by atoms with Crippen molar-refractivity contribution in [2.75, 3.05) is 0 Å². The number of aryl methyl sites for hydroxylation is 2. The fraction of sp³-hybridized carbons (Fsp3) is 0.100. The molecule has 1 amide bonds. The summed E-state index contributed by atoms with van der Waals surface area (Å²) in [7, 11) is 0. The van der Waals surface area contributed by atoms with Crippen LogP contribution in [-0.4, -0.2) is 26.7 Å². The number of nitro groups is 1. The van der Waals surface area contributed by atoms with Crippen molar-refractivity contribution in [3.63, 3.8) is 0 Å². The van der Waals surface area contributed by atoms with E-state index in [1.807, 2.05) is 36.6 Å². The summed E-state index contributed by atoms with van der Waals surface area (Å²) in [5.41, 5.74) is 5.35. The van der Waals surface area contributed by atoms with Gasteiger partial charge < -0.3 is 9.67 Å². The minimum absolute atomic E-state index is 0.0960. The minimum atomic E-state index is -0.702. The van der Waals surface area contributed by atoms with Gasteiger partial charge in [0.15, 0.2) is 0 Å². The van der Waals surface area contributed by atoms with Crippen LogP contribution in [-0.2, 0) is 0 Å². The van der Waals surface area contributed by atoms with Gasteiger partial charge >= 0.3 is 5.69 Å². The normalized spacial score (nSPS) is 11.0. The summed E-state index contributed by atoms with van der Waals surface area (Å²) in [6.07, 6.45) is 1.15. The third-order valence-electron chi connectivity index (χ3n) is 4.29. The lowest BCUT2D eigenvalue weighted by Gasteiger charge is -2.10. The van der Waals surface area contributed by atoms with Crippen molar-refractivity contribution in [1.29, 1.82) is 0 Å². The van der Waals surface area contributed by atoms with Crippen molar-refractivity contribution in [2.45, 2.75) is 13.8 Å². The topological polar surface area (TPSA) is 110 Å². The number of hydrazone groups is 1. The van der Waals surface area contributed by atoms with Gasteiger partial charge in [-0.3, -0.25) is 14.9 Å². The average Bonchev–Trinajstić information content (AvgIpc) is 3.02. The van der Waals surface area contributed by atoms with Gasteiger partial charge in [0.05, 0.1) is 11.1 Å². The van der Waals surface area contributed by atoms with Crippen molar-refractivity contribution in [1.82, 2.24) is 9.99 Å². The van der Waals surface area contributed by atoms with E-state index in [2.05, 4.69) is 26.5 Å². The van der Waals surface area contributed by atoms with Crippen LogP contribution in [0, 0.1) is 24.0 Å². The Bertz CT molecular complexity index is 1120. The molecule has 0 saturated carbocycles. The van der Waals surface area contributed by atoms with E-state index in [1.165, 1.54) is 12.1 Å². The molecule has 0 aliphatic rings. The first-order valence-corrected chi connectivity index (χ1v) is 9.33. The fourth-order valence-corrected chi connectivity index (χ4v) is 3.39. The van der Waals surface area contributed by atoms with Crippen LogP contribution in [0.25, 0.3) is 5.69 Å². The van der Waals surface area contributed by atoms with Crippen LogP contribution < -0.4 is 5.43 Å². The molecule has 3 rings (SSSR count). The molecule has 1 aromatic heterocycles. The summed E-state index contributed by atoms with van der Waals surface area (Å²) in [6, 6.07) is 13.7. The number of hydrogen-bond acceptors (Lipinski definition) is 5. The molecule has 0 unspecified atom stereocenters. The average molecular weight is 457 g/mol. The third-order valence-corrected chi connectivity index (χ3v) is 4.75. The first kappa shape index (κ1) is 20.3. The van der Waals surface area contributed by atoms with E-state index in [0.717, 1.165) is 23.3 Å². The molecule has 0 bridgehead atoms. The Kier molecular flexibility index (Phi) is 5.79. The number of aromatic hydroxyl groups is 1. The van der Waals surface area contributed by atoms with E-state index in [1.54, 1.807) is 18.2 Å². The molecule has 0 radical (unpaired) electrons. The standard InChI is InChI=1S/C20H17BrN4O4/c1-12-6-7-13(2)24(12)17-5-3-4-14(9-17)20(27)23-22-11-15-8-16(21)10-18(19(15)26)25(28)29/h3-11,26H,1-2H3,(H,23,27)/b22-11-. The first-order valence-electron chi connectivity index (χ1n) is 8.53. The number of aromatic nitrogens is 1. The summed E-state index contributed by atoms with van der Waals surface area (Å²) < 4.78 is 2.43. The molecule has 1 heterocycles. The molecule has 29 heavy (non-hydrogen) atoms. The number of benzene rings is 2. The summed E-state index contributed by atoms with van der Waals surface area (Å²) in [4.78, 5) is 22.7. The fourth-order valence-electron chi connectivity index (χ4n) is 2.93. The maximum atomic E-state index is 12.4. The summed E-state index contributed by atoms with van der Waals surface area (Å²) in [5.74, 6) is -0.980. The van der Waals surface area contributed by atoms with Gasteiger partial charge in [0, 0.05) is 38.7 Å². The number of halogens is 1. The number of rotatable bonds is 5. The Labute approximate surface area is 174 Å². The van der Waals surface area contributed by atoms with Crippen LogP contribution in [0.15, 0.2) is 58.1 Å². The zero-order chi connectivity index (χ0) is 21.1. The summed E-state index contributed by atoms with van der Waals surface area (Å²) in [6.45, 7) is 3.96. The zero-order valence-corrected chi connectivity index (χ0v) is 17.2. The van der Waals surface area contributed by atoms with Gasteiger partial charge in [0.2, 0.25) is 5.75 Å². The van der Waals surface area contributed by atoms with Crippen LogP contribution in [0.3, 0.4) is 0 Å². The Hall–Kier alpha value is -3.46. The Morgan fingerprint density at radius 2 is 1.90 bits per heavy atom. The predicted molar refractivity (Wildman–Crippen MR) is 113 cm³/mol. The van der Waals surface area contributed by atoms with Crippen molar-refractivity contribution in [3.8, 4) is 11.4 Å². The van der Waals surface area contributed by atoms with Crippen LogP contribution in [0.1, 0.15) is 27.3 Å². The number of amides is 1. The quantitative estimate of drug-likeness (QED) is 0.339. The molecule has 0 fully saturated rings. The summed E-state index contributed by atoms with van der Waals surface area (Å²) in [5, 5.41) is 24.8. The molecule has 0 spiro atoms. The van der Waals surface area contributed by atoms with Gasteiger partial charge in [-0.15, -0.1) is 0 Å². The van der Waals surface area contributed by atoms with E-state index >= 15 is 0 Å². The van der Waals surface area contributed by atoms with Crippen LogP contribution in [0.5, 0.6) is 5.75 Å². The maximum Gasteiger partial charge on any atom is 0.312 e. The van der Waals surface area contributed by atoms with E-state index in [4.69, 9.17) is 0 Å². The molecule has 2 aromatic carbocycles. The predicted octanol–water partition coefficient (Wildman–Crippen LogP) is 4.23. The lowest BCUT2D eigenvalue weighted by molar-refractivity contribution is -0.385. The van der Waals surface area contributed by atoms with Crippen LogP contribution in [0.2, 0.25) is 0 Å². The Morgan fingerprint density at radius 3 is 2.55 bits per heavy atom. The highest BCUT2D eigenvalue weighted by Crippen LogP contribution is 2.32. The minimum Gasteiger partial charge on any atom is -0.502 e. The second kappa shape index (κ2) is 8.27. The second-order valence-corrected chi connectivity index (χ2v) is 7.24. The number of nitro benzene ring substituents is 1. The first-order chi connectivity index (χ1) is 13.8. The molecule has 2 N–H and O–H groups in total. The number of hydrogen-bond donors (Lipinski definition) is 2. The van der Waals surface area contributed by atoms with Gasteiger partial charge in [0.25, 0.3) is 5.91 Å². The van der Waals surface area contributed by atoms with Crippen molar-refractivity contribution in [2.24, 2.45) is 5.10 Å². The number of phenolic OH excluding ortho intramolecular Hbond substituents is 1. The molecule has 9 heteroatoms. The largest absolute Gasteiger partial charge is 0.502 e. The van der Waals surface area contributed by atoms with Crippen LogP contribution in [0.4, 0.5) is 5.69 Å². The molecular weight excluding hydrogens is 440 g/mol. The SMILES string of the molecule is Cc1ccc(C)n1-c1cccc(C(=O)N/N=C\c2cc(Br)cc([N+](=O)[O-])c2O)c1. The Morgan fingerprint density at radius 1 is 1.21 bits per heavy atom. The lowest BCUT2D eigenvalue weighted by atomic mass is 10.2. The third kappa shape index (κ3) is 4.35. The highest BCUT2D eigenvalue weighted by atomic mass is 79.9. The maximum absolute atomic E-state index is 12.4. The lowest BCUT2D eigenvalue weighted by Crippen LogP contribution is -2.18. The number of carbonyl (C=O) groups excluding carboxylic acids is 1. The van der Waals surface area contributed by atoms with E-state index in [0.29, 0.717) is 10.0 Å². The number of nitrogens with one attached hydrogen (secondary N) is 1. The van der Waals surface area contributed by atoms with Crippen molar-refractivity contribution in [3.05, 3.63) is 85.6 Å². The molecule has 0 saturated heterocycles. The molecular formula is C20H17BrN4O4. The van der Waals surface area contributed by atoms with Gasteiger partial charge in [-0.1, -0.05) is 22.0 Å². The van der Waals surface area contributed by atoms with Gasteiger partial charge in [-0.2, -0.15) is 5.10 Å².